The maximum absolute atomic E-state index is 10.0. The highest BCUT2D eigenvalue weighted by Gasteiger charge is 2.33. The van der Waals surface area contributed by atoms with E-state index in [1.165, 1.54) is 0 Å². The van der Waals surface area contributed by atoms with Crippen LogP contribution in [-0.4, -0.2) is 30.0 Å². The summed E-state index contributed by atoms with van der Waals surface area (Å²) in [5, 5.41) is 13.4. The molecule has 2 atom stereocenters. The van der Waals surface area contributed by atoms with E-state index in [1.807, 2.05) is 32.2 Å². The first kappa shape index (κ1) is 16.1. The Morgan fingerprint density at radius 1 is 1.48 bits per heavy atom. The molecule has 4 nitrogen and oxygen atoms in total. The number of benzene rings is 1. The second-order valence-corrected chi connectivity index (χ2v) is 6.75. The minimum Gasteiger partial charge on any atom is -0.490 e. The number of nitrogens with one attached hydrogen (secondary N) is 1. The summed E-state index contributed by atoms with van der Waals surface area (Å²) in [6.45, 7) is 8.19. The third kappa shape index (κ3) is 3.89. The molecule has 0 aromatic heterocycles. The van der Waals surface area contributed by atoms with Crippen LogP contribution in [-0.2, 0) is 0 Å². The number of hydrogen-bond donors (Lipinski definition) is 2. The third-order valence-electron chi connectivity index (χ3n) is 4.10. The minimum atomic E-state index is -0.802. The van der Waals surface area contributed by atoms with Gasteiger partial charge in [-0.1, -0.05) is 13.0 Å². The molecule has 1 aliphatic rings. The van der Waals surface area contributed by atoms with E-state index < -0.39 is 5.60 Å². The van der Waals surface area contributed by atoms with E-state index in [-0.39, 0.29) is 18.2 Å². The Kier molecular flexibility index (Phi) is 4.49. The molecule has 118 valence electrons. The molecule has 0 bridgehead atoms. The third-order valence-corrected chi connectivity index (χ3v) is 4.10. The molecule has 4 heteroatoms. The smallest absolute Gasteiger partial charge is 0.128 e. The standard InChI is InChI=1S/C17H27NO3/c1-6-17(4,19)11-20-12-7-8-13-14(18-5)10-16(2,3)21-15(13)9-12/h7-9,14,18-19H,6,10-11H2,1-5H3. The summed E-state index contributed by atoms with van der Waals surface area (Å²) in [6.07, 6.45) is 1.59. The maximum Gasteiger partial charge on any atom is 0.128 e. The molecule has 0 spiro atoms. The average molecular weight is 293 g/mol. The number of ether oxygens (including phenoxy) is 2. The fourth-order valence-corrected chi connectivity index (χ4v) is 2.52. The van der Waals surface area contributed by atoms with Crippen LogP contribution in [0.3, 0.4) is 0 Å². The fourth-order valence-electron chi connectivity index (χ4n) is 2.52. The molecule has 21 heavy (non-hydrogen) atoms. The van der Waals surface area contributed by atoms with E-state index in [0.29, 0.717) is 6.42 Å². The molecule has 0 fully saturated rings. The lowest BCUT2D eigenvalue weighted by Gasteiger charge is -2.37. The lowest BCUT2D eigenvalue weighted by Crippen LogP contribution is -2.38. The summed E-state index contributed by atoms with van der Waals surface area (Å²) in [5.41, 5.74) is 0.156. The molecule has 1 aliphatic heterocycles. The van der Waals surface area contributed by atoms with Crippen LogP contribution >= 0.6 is 0 Å². The molecule has 1 aromatic rings. The van der Waals surface area contributed by atoms with Crippen LogP contribution in [0.2, 0.25) is 0 Å². The Morgan fingerprint density at radius 2 is 2.19 bits per heavy atom. The summed E-state index contributed by atoms with van der Waals surface area (Å²) in [5.74, 6) is 1.59. The first-order valence-corrected chi connectivity index (χ1v) is 7.62. The van der Waals surface area contributed by atoms with Crippen molar-refractivity contribution in [1.82, 2.24) is 5.32 Å². The van der Waals surface area contributed by atoms with Crippen molar-refractivity contribution in [2.75, 3.05) is 13.7 Å². The van der Waals surface area contributed by atoms with Crippen LogP contribution in [0.25, 0.3) is 0 Å². The largest absolute Gasteiger partial charge is 0.490 e. The van der Waals surface area contributed by atoms with Crippen LogP contribution in [0.15, 0.2) is 18.2 Å². The second-order valence-electron chi connectivity index (χ2n) is 6.75. The molecule has 0 saturated heterocycles. The van der Waals surface area contributed by atoms with E-state index >= 15 is 0 Å². The summed E-state index contributed by atoms with van der Waals surface area (Å²) >= 11 is 0. The van der Waals surface area contributed by atoms with Crippen LogP contribution in [0.5, 0.6) is 11.5 Å². The summed E-state index contributed by atoms with van der Waals surface area (Å²) in [6, 6.07) is 6.20. The summed E-state index contributed by atoms with van der Waals surface area (Å²) < 4.78 is 11.8. The summed E-state index contributed by atoms with van der Waals surface area (Å²) in [7, 11) is 1.97. The van der Waals surface area contributed by atoms with Gasteiger partial charge in [0.1, 0.15) is 23.7 Å². The first-order valence-electron chi connectivity index (χ1n) is 7.62. The Hall–Kier alpha value is -1.26. The highest BCUT2D eigenvalue weighted by Crippen LogP contribution is 2.41. The number of aliphatic hydroxyl groups is 1. The van der Waals surface area contributed by atoms with Gasteiger partial charge in [-0.05, 0) is 40.3 Å². The molecular weight excluding hydrogens is 266 g/mol. The quantitative estimate of drug-likeness (QED) is 0.876. The Labute approximate surface area is 127 Å². The highest BCUT2D eigenvalue weighted by molar-refractivity contribution is 5.44. The zero-order valence-electron chi connectivity index (χ0n) is 13.7. The molecule has 1 aromatic carbocycles. The van der Waals surface area contributed by atoms with Crippen molar-refractivity contribution in [3.8, 4) is 11.5 Å². The Balaban J connectivity index is 2.18. The zero-order valence-corrected chi connectivity index (χ0v) is 13.7. The van der Waals surface area contributed by atoms with E-state index in [9.17, 15) is 5.11 Å². The van der Waals surface area contributed by atoms with E-state index in [2.05, 4.69) is 19.2 Å². The van der Waals surface area contributed by atoms with Gasteiger partial charge in [0.2, 0.25) is 0 Å². The topological polar surface area (TPSA) is 50.7 Å². The van der Waals surface area contributed by atoms with Crippen molar-refractivity contribution in [3.63, 3.8) is 0 Å². The molecule has 1 heterocycles. The molecule has 2 unspecified atom stereocenters. The van der Waals surface area contributed by atoms with Gasteiger partial charge in [0.05, 0.1) is 5.60 Å². The first-order chi connectivity index (χ1) is 9.76. The lowest BCUT2D eigenvalue weighted by molar-refractivity contribution is 0.00802. The molecule has 2 N–H and O–H groups in total. The van der Waals surface area contributed by atoms with Gasteiger partial charge in [-0.15, -0.1) is 0 Å². The molecule has 2 rings (SSSR count). The predicted octanol–water partition coefficient (Wildman–Crippen LogP) is 3.05. The van der Waals surface area contributed by atoms with Gasteiger partial charge in [-0.2, -0.15) is 0 Å². The number of hydrogen-bond acceptors (Lipinski definition) is 4. The highest BCUT2D eigenvalue weighted by atomic mass is 16.5. The van der Waals surface area contributed by atoms with Crippen LogP contribution in [0.1, 0.15) is 52.1 Å². The van der Waals surface area contributed by atoms with Gasteiger partial charge in [0, 0.05) is 24.1 Å². The van der Waals surface area contributed by atoms with Crippen molar-refractivity contribution in [2.45, 2.75) is 57.8 Å². The zero-order chi connectivity index (χ0) is 15.7. The van der Waals surface area contributed by atoms with Crippen LogP contribution in [0.4, 0.5) is 0 Å². The molecule has 0 aliphatic carbocycles. The van der Waals surface area contributed by atoms with Crippen molar-refractivity contribution in [1.29, 1.82) is 0 Å². The Bertz CT molecular complexity index is 497. The lowest BCUT2D eigenvalue weighted by atomic mass is 9.90. The van der Waals surface area contributed by atoms with Crippen molar-refractivity contribution >= 4 is 0 Å². The average Bonchev–Trinajstić information content (AvgIpc) is 2.43. The van der Waals surface area contributed by atoms with Gasteiger partial charge in [0.25, 0.3) is 0 Å². The Morgan fingerprint density at radius 3 is 2.81 bits per heavy atom. The number of rotatable bonds is 5. The summed E-state index contributed by atoms with van der Waals surface area (Å²) in [4.78, 5) is 0. The van der Waals surface area contributed by atoms with Crippen molar-refractivity contribution in [2.24, 2.45) is 0 Å². The van der Waals surface area contributed by atoms with E-state index in [4.69, 9.17) is 9.47 Å². The molecular formula is C17H27NO3. The fraction of sp³-hybridized carbons (Fsp3) is 0.647. The normalized spacial score (nSPS) is 22.9. The molecule has 0 amide bonds. The van der Waals surface area contributed by atoms with Crippen LogP contribution in [0, 0.1) is 0 Å². The van der Waals surface area contributed by atoms with Gasteiger partial charge < -0.3 is 19.9 Å². The minimum absolute atomic E-state index is 0.200. The van der Waals surface area contributed by atoms with Crippen molar-refractivity contribution < 1.29 is 14.6 Å². The van der Waals surface area contributed by atoms with E-state index in [1.54, 1.807) is 6.92 Å². The van der Waals surface area contributed by atoms with Gasteiger partial charge in [-0.3, -0.25) is 0 Å². The second kappa shape index (κ2) is 5.85. The van der Waals surface area contributed by atoms with Crippen LogP contribution < -0.4 is 14.8 Å². The molecule has 0 saturated carbocycles. The van der Waals surface area contributed by atoms with Gasteiger partial charge in [0.15, 0.2) is 0 Å². The predicted molar refractivity (Wildman–Crippen MR) is 84.0 cm³/mol. The number of fused-ring (bicyclic) bond motifs is 1. The van der Waals surface area contributed by atoms with Gasteiger partial charge in [-0.25, -0.2) is 0 Å². The monoisotopic (exact) mass is 293 g/mol. The van der Waals surface area contributed by atoms with Gasteiger partial charge >= 0.3 is 0 Å². The van der Waals surface area contributed by atoms with E-state index in [0.717, 1.165) is 23.5 Å². The molecule has 0 radical (unpaired) electrons. The SMILES string of the molecule is CCC(C)(O)COc1ccc2c(c1)OC(C)(C)CC2NC. The maximum atomic E-state index is 10.0. The van der Waals surface area contributed by atoms with Crippen molar-refractivity contribution in [3.05, 3.63) is 23.8 Å².